The van der Waals surface area contributed by atoms with Gasteiger partial charge in [0.25, 0.3) is 0 Å². The van der Waals surface area contributed by atoms with Crippen LogP contribution in [0.1, 0.15) is 22.3 Å². The van der Waals surface area contributed by atoms with Gasteiger partial charge in [0.1, 0.15) is 11.9 Å². The number of anilines is 3. The molecule has 152 valence electrons. The highest BCUT2D eigenvalue weighted by Gasteiger charge is 2.33. The summed E-state index contributed by atoms with van der Waals surface area (Å²) in [4.78, 5) is 12.1. The number of aromatic nitrogens is 3. The first-order valence-corrected chi connectivity index (χ1v) is 8.46. The van der Waals surface area contributed by atoms with Gasteiger partial charge in [-0.3, -0.25) is 4.98 Å². The van der Waals surface area contributed by atoms with Gasteiger partial charge >= 0.3 is 6.18 Å². The second kappa shape index (κ2) is 8.04. The molecule has 1 aromatic carbocycles. The number of alkyl halides is 3. The zero-order chi connectivity index (χ0) is 21.9. The van der Waals surface area contributed by atoms with Gasteiger partial charge in [-0.25, -0.2) is 4.98 Å². The SMILES string of the molecule is N#Cc1cncc(-c2nc(N)nc(NCc3ccc(N)c(C(F)(F)F)c3)c2C=N)c1. The fourth-order valence-corrected chi connectivity index (χ4v) is 2.75. The van der Waals surface area contributed by atoms with Crippen molar-refractivity contribution < 1.29 is 13.2 Å². The molecule has 2 heterocycles. The molecule has 0 aliphatic heterocycles. The molecule has 0 radical (unpaired) electrons. The molecule has 0 saturated heterocycles. The molecule has 0 aliphatic rings. The maximum atomic E-state index is 13.1. The van der Waals surface area contributed by atoms with Crippen LogP contribution in [0, 0.1) is 16.7 Å². The molecular formula is C19H15F3N8. The second-order valence-electron chi connectivity index (χ2n) is 6.18. The highest BCUT2D eigenvalue weighted by atomic mass is 19.4. The Bertz CT molecular complexity index is 1150. The van der Waals surface area contributed by atoms with Crippen LogP contribution in [0.4, 0.5) is 30.6 Å². The first-order chi connectivity index (χ1) is 14.2. The van der Waals surface area contributed by atoms with Gasteiger partial charge in [0.2, 0.25) is 5.95 Å². The Balaban J connectivity index is 1.97. The lowest BCUT2D eigenvalue weighted by Gasteiger charge is -2.15. The lowest BCUT2D eigenvalue weighted by atomic mass is 10.1. The van der Waals surface area contributed by atoms with E-state index in [2.05, 4.69) is 20.3 Å². The summed E-state index contributed by atoms with van der Waals surface area (Å²) in [5, 5.41) is 19.7. The first kappa shape index (κ1) is 20.5. The van der Waals surface area contributed by atoms with Crippen molar-refractivity contribution >= 4 is 23.7 Å². The summed E-state index contributed by atoms with van der Waals surface area (Å²) in [6, 6.07) is 7.06. The summed E-state index contributed by atoms with van der Waals surface area (Å²) < 4.78 is 39.2. The van der Waals surface area contributed by atoms with Gasteiger partial charge < -0.3 is 22.2 Å². The van der Waals surface area contributed by atoms with Gasteiger partial charge in [-0.2, -0.15) is 23.4 Å². The summed E-state index contributed by atoms with van der Waals surface area (Å²) in [5.41, 5.74) is 11.4. The molecule has 0 fully saturated rings. The van der Waals surface area contributed by atoms with E-state index in [0.717, 1.165) is 12.3 Å². The number of nitriles is 1. The molecule has 0 atom stereocenters. The second-order valence-corrected chi connectivity index (χ2v) is 6.18. The minimum atomic E-state index is -4.58. The van der Waals surface area contributed by atoms with Gasteiger partial charge in [-0.1, -0.05) is 6.07 Å². The molecule has 0 saturated carbocycles. The summed E-state index contributed by atoms with van der Waals surface area (Å²) in [7, 11) is 0. The third-order valence-electron chi connectivity index (χ3n) is 4.13. The Hall–Kier alpha value is -4.20. The molecule has 3 aromatic rings. The summed E-state index contributed by atoms with van der Waals surface area (Å²) in [6.45, 7) is -0.0312. The van der Waals surface area contributed by atoms with Crippen molar-refractivity contribution in [1.82, 2.24) is 15.0 Å². The lowest BCUT2D eigenvalue weighted by molar-refractivity contribution is -0.136. The van der Waals surface area contributed by atoms with E-state index < -0.39 is 11.7 Å². The minimum absolute atomic E-state index is 0.0312. The van der Waals surface area contributed by atoms with Gasteiger partial charge in [0, 0.05) is 36.4 Å². The van der Waals surface area contributed by atoms with E-state index in [1.54, 1.807) is 0 Å². The lowest BCUT2D eigenvalue weighted by Crippen LogP contribution is -2.12. The maximum Gasteiger partial charge on any atom is 0.418 e. The molecule has 0 spiro atoms. The van der Waals surface area contributed by atoms with Crippen LogP contribution in [0.25, 0.3) is 11.3 Å². The standard InChI is InChI=1S/C19H15F3N8/c20-19(21,22)14-4-10(1-2-15(14)25)8-28-17-13(6-24)16(29-18(26)30-17)12-3-11(5-23)7-27-9-12/h1-4,6-7,9,24H,8,25H2,(H3,26,28,29,30). The molecule has 8 nitrogen and oxygen atoms in total. The van der Waals surface area contributed by atoms with E-state index in [-0.39, 0.29) is 40.8 Å². The molecule has 0 amide bonds. The summed E-state index contributed by atoms with van der Waals surface area (Å²) >= 11 is 0. The van der Waals surface area contributed by atoms with Gasteiger partial charge in [0.05, 0.1) is 22.4 Å². The highest BCUT2D eigenvalue weighted by molar-refractivity contribution is 5.93. The molecule has 0 aliphatic carbocycles. The van der Waals surface area contributed by atoms with Crippen molar-refractivity contribution in [3.63, 3.8) is 0 Å². The number of pyridine rings is 1. The molecule has 2 aromatic heterocycles. The zero-order valence-corrected chi connectivity index (χ0v) is 15.3. The van der Waals surface area contributed by atoms with Crippen LogP contribution in [0.3, 0.4) is 0 Å². The minimum Gasteiger partial charge on any atom is -0.398 e. The zero-order valence-electron chi connectivity index (χ0n) is 15.3. The Kier molecular flexibility index (Phi) is 5.50. The number of hydrogen-bond acceptors (Lipinski definition) is 8. The number of nitrogen functional groups attached to an aromatic ring is 2. The van der Waals surface area contributed by atoms with Crippen LogP contribution in [-0.2, 0) is 12.7 Å². The van der Waals surface area contributed by atoms with Gasteiger partial charge in [-0.15, -0.1) is 0 Å². The monoisotopic (exact) mass is 412 g/mol. The fourth-order valence-electron chi connectivity index (χ4n) is 2.75. The third kappa shape index (κ3) is 4.27. The number of benzene rings is 1. The number of nitrogens with zero attached hydrogens (tertiary/aromatic N) is 4. The molecular weight excluding hydrogens is 397 g/mol. The molecule has 0 unspecified atom stereocenters. The van der Waals surface area contributed by atoms with Crippen molar-refractivity contribution in [2.45, 2.75) is 12.7 Å². The quantitative estimate of drug-likeness (QED) is 0.371. The van der Waals surface area contributed by atoms with E-state index in [1.807, 2.05) is 6.07 Å². The number of halogens is 3. The number of rotatable bonds is 5. The van der Waals surface area contributed by atoms with Gasteiger partial charge in [-0.05, 0) is 23.8 Å². The van der Waals surface area contributed by atoms with Crippen LogP contribution < -0.4 is 16.8 Å². The molecule has 6 N–H and O–H groups in total. The van der Waals surface area contributed by atoms with E-state index >= 15 is 0 Å². The Morgan fingerprint density at radius 1 is 1.17 bits per heavy atom. The fraction of sp³-hybridized carbons (Fsp3) is 0.105. The van der Waals surface area contributed by atoms with Crippen LogP contribution in [0.15, 0.2) is 36.7 Å². The van der Waals surface area contributed by atoms with Crippen LogP contribution in [0.2, 0.25) is 0 Å². The largest absolute Gasteiger partial charge is 0.418 e. The maximum absolute atomic E-state index is 13.1. The van der Waals surface area contributed by atoms with Crippen LogP contribution >= 0.6 is 0 Å². The number of nitrogens with two attached hydrogens (primary N) is 2. The van der Waals surface area contributed by atoms with Crippen molar-refractivity contribution in [2.75, 3.05) is 16.8 Å². The average Bonchev–Trinajstić information content (AvgIpc) is 2.71. The van der Waals surface area contributed by atoms with E-state index in [9.17, 15) is 13.2 Å². The van der Waals surface area contributed by atoms with E-state index in [4.69, 9.17) is 22.1 Å². The van der Waals surface area contributed by atoms with Crippen molar-refractivity contribution in [3.8, 4) is 17.3 Å². The summed E-state index contributed by atoms with van der Waals surface area (Å²) in [6.07, 6.45) is -0.766. The Labute approximate surface area is 168 Å². The molecule has 0 bridgehead atoms. The van der Waals surface area contributed by atoms with Crippen molar-refractivity contribution in [3.05, 3.63) is 58.9 Å². The van der Waals surface area contributed by atoms with Gasteiger partial charge in [0.15, 0.2) is 0 Å². The molecule has 30 heavy (non-hydrogen) atoms. The topological polar surface area (TPSA) is 150 Å². The normalized spacial score (nSPS) is 11.0. The smallest absolute Gasteiger partial charge is 0.398 e. The van der Waals surface area contributed by atoms with Crippen LogP contribution in [0.5, 0.6) is 0 Å². The number of hydrogen-bond donors (Lipinski definition) is 4. The molecule has 11 heteroatoms. The van der Waals surface area contributed by atoms with Crippen molar-refractivity contribution in [1.29, 1.82) is 10.7 Å². The predicted octanol–water partition coefficient (Wildman–Crippen LogP) is 3.20. The van der Waals surface area contributed by atoms with Crippen LogP contribution in [-0.4, -0.2) is 21.2 Å². The summed E-state index contributed by atoms with van der Waals surface area (Å²) in [5.74, 6) is 0.0361. The Morgan fingerprint density at radius 3 is 2.60 bits per heavy atom. The number of nitrogens with one attached hydrogen (secondary N) is 2. The van der Waals surface area contributed by atoms with Crippen molar-refractivity contribution in [2.24, 2.45) is 0 Å². The van der Waals surface area contributed by atoms with E-state index in [0.29, 0.717) is 11.1 Å². The first-order valence-electron chi connectivity index (χ1n) is 8.46. The van der Waals surface area contributed by atoms with E-state index in [1.165, 1.54) is 30.6 Å². The Morgan fingerprint density at radius 2 is 1.93 bits per heavy atom. The molecule has 3 rings (SSSR count). The third-order valence-corrected chi connectivity index (χ3v) is 4.13. The average molecular weight is 412 g/mol. The predicted molar refractivity (Wildman–Crippen MR) is 105 cm³/mol. The highest BCUT2D eigenvalue weighted by Crippen LogP contribution is 2.34.